The van der Waals surface area contributed by atoms with Gasteiger partial charge >= 0.3 is 0 Å². The highest BCUT2D eigenvalue weighted by atomic mass is 16.5. The standard InChI is InChI=1S/C19H21N5O2/c1-13-5-3-9-20-16(13)7-8-17-22-23-19(26-17)15-6-4-10-25-18(15)14-11-21-24(2)12-14/h3,5,7-9,11-12,15,18H,4,6,10H2,1-2H3/b8-7+/t15-,18+/m1/s1. The Morgan fingerprint density at radius 1 is 1.27 bits per heavy atom. The number of aromatic nitrogens is 5. The average Bonchev–Trinajstić information content (AvgIpc) is 3.30. The van der Waals surface area contributed by atoms with Crippen LogP contribution in [0, 0.1) is 6.92 Å². The van der Waals surface area contributed by atoms with Crippen molar-refractivity contribution in [2.24, 2.45) is 7.05 Å². The largest absolute Gasteiger partial charge is 0.421 e. The lowest BCUT2D eigenvalue weighted by atomic mass is 9.91. The summed E-state index contributed by atoms with van der Waals surface area (Å²) >= 11 is 0. The molecule has 0 aromatic carbocycles. The molecule has 0 amide bonds. The van der Waals surface area contributed by atoms with Crippen molar-refractivity contribution < 1.29 is 9.15 Å². The van der Waals surface area contributed by atoms with E-state index in [1.807, 2.05) is 44.6 Å². The first-order valence-electron chi connectivity index (χ1n) is 8.74. The van der Waals surface area contributed by atoms with Gasteiger partial charge in [-0.15, -0.1) is 10.2 Å². The first-order chi connectivity index (χ1) is 12.7. The Morgan fingerprint density at radius 2 is 2.19 bits per heavy atom. The first kappa shape index (κ1) is 16.7. The molecule has 3 aromatic heterocycles. The van der Waals surface area contributed by atoms with Crippen LogP contribution in [0.25, 0.3) is 12.2 Å². The molecule has 0 aliphatic carbocycles. The van der Waals surface area contributed by atoms with Crippen molar-refractivity contribution in [3.63, 3.8) is 0 Å². The second-order valence-electron chi connectivity index (χ2n) is 6.50. The first-order valence-corrected chi connectivity index (χ1v) is 8.74. The molecule has 3 aromatic rings. The average molecular weight is 351 g/mol. The van der Waals surface area contributed by atoms with E-state index in [-0.39, 0.29) is 12.0 Å². The third-order valence-electron chi connectivity index (χ3n) is 4.58. The molecule has 7 heteroatoms. The minimum atomic E-state index is -0.104. The van der Waals surface area contributed by atoms with Crippen molar-refractivity contribution in [2.45, 2.75) is 31.8 Å². The Kier molecular flexibility index (Phi) is 4.62. The maximum atomic E-state index is 5.99. The zero-order chi connectivity index (χ0) is 17.9. The molecule has 7 nitrogen and oxygen atoms in total. The highest BCUT2D eigenvalue weighted by Crippen LogP contribution is 2.40. The Balaban J connectivity index is 1.55. The molecule has 0 spiro atoms. The van der Waals surface area contributed by atoms with Crippen LogP contribution in [0.3, 0.4) is 0 Å². The van der Waals surface area contributed by atoms with Gasteiger partial charge in [-0.25, -0.2) is 0 Å². The quantitative estimate of drug-likeness (QED) is 0.717. The van der Waals surface area contributed by atoms with Crippen LogP contribution in [0.2, 0.25) is 0 Å². The fourth-order valence-corrected chi connectivity index (χ4v) is 3.24. The van der Waals surface area contributed by atoms with Crippen LogP contribution in [0.15, 0.2) is 35.1 Å². The molecule has 1 saturated heterocycles. The van der Waals surface area contributed by atoms with Crippen molar-refractivity contribution in [3.05, 3.63) is 59.3 Å². The van der Waals surface area contributed by atoms with Crippen LogP contribution >= 0.6 is 0 Å². The zero-order valence-corrected chi connectivity index (χ0v) is 14.9. The van der Waals surface area contributed by atoms with Crippen molar-refractivity contribution >= 4 is 12.2 Å². The van der Waals surface area contributed by atoms with E-state index in [1.54, 1.807) is 17.0 Å². The maximum Gasteiger partial charge on any atom is 0.240 e. The van der Waals surface area contributed by atoms with Crippen molar-refractivity contribution in [2.75, 3.05) is 6.61 Å². The predicted molar refractivity (Wildman–Crippen MR) is 96.1 cm³/mol. The fourth-order valence-electron chi connectivity index (χ4n) is 3.24. The van der Waals surface area contributed by atoms with Gasteiger partial charge in [0.15, 0.2) is 0 Å². The number of ether oxygens (including phenoxy) is 1. The lowest BCUT2D eigenvalue weighted by Gasteiger charge is -2.28. The molecule has 0 bridgehead atoms. The molecule has 1 aliphatic rings. The topological polar surface area (TPSA) is 78.9 Å². The van der Waals surface area contributed by atoms with E-state index >= 15 is 0 Å². The van der Waals surface area contributed by atoms with Gasteiger partial charge in [0.05, 0.1) is 23.9 Å². The van der Waals surface area contributed by atoms with E-state index in [1.165, 1.54) is 0 Å². The van der Waals surface area contributed by atoms with Crippen LogP contribution in [0.5, 0.6) is 0 Å². The Morgan fingerprint density at radius 3 is 3.00 bits per heavy atom. The van der Waals surface area contributed by atoms with Gasteiger partial charge in [-0.05, 0) is 37.5 Å². The minimum absolute atomic E-state index is 0.0409. The molecule has 4 rings (SSSR count). The Bertz CT molecular complexity index is 914. The molecule has 0 unspecified atom stereocenters. The molecule has 134 valence electrons. The monoisotopic (exact) mass is 351 g/mol. The van der Waals surface area contributed by atoms with Gasteiger partial charge in [-0.2, -0.15) is 5.10 Å². The van der Waals surface area contributed by atoms with Crippen LogP contribution < -0.4 is 0 Å². The number of hydrogen-bond donors (Lipinski definition) is 0. The summed E-state index contributed by atoms with van der Waals surface area (Å²) < 4.78 is 13.7. The Labute approximate surface area is 151 Å². The molecule has 26 heavy (non-hydrogen) atoms. The van der Waals surface area contributed by atoms with Gasteiger partial charge in [0.25, 0.3) is 0 Å². The summed E-state index contributed by atoms with van der Waals surface area (Å²) in [5.74, 6) is 1.12. The normalized spacial score (nSPS) is 20.7. The zero-order valence-electron chi connectivity index (χ0n) is 14.9. The van der Waals surface area contributed by atoms with E-state index < -0.39 is 0 Å². The molecule has 0 N–H and O–H groups in total. The van der Waals surface area contributed by atoms with Crippen LogP contribution in [0.1, 0.15) is 53.5 Å². The van der Waals surface area contributed by atoms with Gasteiger partial charge in [0, 0.05) is 37.7 Å². The smallest absolute Gasteiger partial charge is 0.240 e. The van der Waals surface area contributed by atoms with E-state index in [0.717, 1.165) is 36.3 Å². The number of pyridine rings is 1. The molecule has 1 aliphatic heterocycles. The third kappa shape index (κ3) is 3.43. The lowest BCUT2D eigenvalue weighted by Crippen LogP contribution is -2.21. The molecule has 0 radical (unpaired) electrons. The van der Waals surface area contributed by atoms with E-state index in [2.05, 4.69) is 20.3 Å². The van der Waals surface area contributed by atoms with Crippen LogP contribution in [-0.4, -0.2) is 31.6 Å². The molecule has 1 fully saturated rings. The summed E-state index contributed by atoms with van der Waals surface area (Å²) in [7, 11) is 1.90. The minimum Gasteiger partial charge on any atom is -0.421 e. The van der Waals surface area contributed by atoms with Gasteiger partial charge < -0.3 is 9.15 Å². The number of hydrogen-bond acceptors (Lipinski definition) is 6. The molecule has 2 atom stereocenters. The lowest BCUT2D eigenvalue weighted by molar-refractivity contribution is -0.00908. The summed E-state index contributed by atoms with van der Waals surface area (Å²) in [6.07, 6.45) is 11.1. The number of rotatable bonds is 4. The predicted octanol–water partition coefficient (Wildman–Crippen LogP) is 3.31. The second kappa shape index (κ2) is 7.21. The molecule has 4 heterocycles. The van der Waals surface area contributed by atoms with Gasteiger partial charge in [-0.3, -0.25) is 9.67 Å². The highest BCUT2D eigenvalue weighted by Gasteiger charge is 2.33. The summed E-state index contributed by atoms with van der Waals surface area (Å²) in [4.78, 5) is 4.34. The number of nitrogens with zero attached hydrogens (tertiary/aromatic N) is 5. The van der Waals surface area contributed by atoms with E-state index in [0.29, 0.717) is 11.8 Å². The SMILES string of the molecule is Cc1cccnc1/C=C/c1nnc([C@@H]2CCCO[C@H]2c2cnn(C)c2)o1. The summed E-state index contributed by atoms with van der Waals surface area (Å²) in [5, 5.41) is 12.7. The summed E-state index contributed by atoms with van der Waals surface area (Å²) in [5.41, 5.74) is 3.03. The Hall–Kier alpha value is -2.80. The van der Waals surface area contributed by atoms with E-state index in [4.69, 9.17) is 9.15 Å². The molecular formula is C19H21N5O2. The van der Waals surface area contributed by atoms with Crippen molar-refractivity contribution in [1.82, 2.24) is 25.0 Å². The third-order valence-corrected chi connectivity index (χ3v) is 4.58. The molecule has 0 saturated carbocycles. The van der Waals surface area contributed by atoms with Crippen LogP contribution in [0.4, 0.5) is 0 Å². The fraction of sp³-hybridized carbons (Fsp3) is 0.368. The van der Waals surface area contributed by atoms with Crippen LogP contribution in [-0.2, 0) is 11.8 Å². The molecular weight excluding hydrogens is 330 g/mol. The van der Waals surface area contributed by atoms with Gasteiger partial charge in [0.2, 0.25) is 11.8 Å². The van der Waals surface area contributed by atoms with Gasteiger partial charge in [0.1, 0.15) is 0 Å². The maximum absolute atomic E-state index is 5.99. The highest BCUT2D eigenvalue weighted by molar-refractivity contribution is 5.65. The van der Waals surface area contributed by atoms with Crippen molar-refractivity contribution in [3.8, 4) is 0 Å². The summed E-state index contributed by atoms with van der Waals surface area (Å²) in [6, 6.07) is 3.93. The number of aryl methyl sites for hydroxylation is 2. The van der Waals surface area contributed by atoms with Crippen molar-refractivity contribution in [1.29, 1.82) is 0 Å². The van der Waals surface area contributed by atoms with Gasteiger partial charge in [-0.1, -0.05) is 6.07 Å². The van der Waals surface area contributed by atoms with E-state index in [9.17, 15) is 0 Å². The second-order valence-corrected chi connectivity index (χ2v) is 6.50. The summed E-state index contributed by atoms with van der Waals surface area (Å²) in [6.45, 7) is 2.75.